The zero-order valence-corrected chi connectivity index (χ0v) is 57.0. The molecule has 0 aliphatic heterocycles. The van der Waals surface area contributed by atoms with Crippen LogP contribution in [0.3, 0.4) is 0 Å². The molecule has 0 saturated carbocycles. The third kappa shape index (κ3) is 10.5. The van der Waals surface area contributed by atoms with Gasteiger partial charge in [-0.2, -0.15) is 0 Å². The zero-order valence-electron chi connectivity index (χ0n) is 57.0. The van der Waals surface area contributed by atoms with Gasteiger partial charge in [-0.1, -0.05) is 194 Å². The predicted molar refractivity (Wildman–Crippen MR) is 431 cm³/mol. The van der Waals surface area contributed by atoms with Gasteiger partial charge in [0, 0.05) is 102 Å². The Morgan fingerprint density at radius 1 is 0.189 bits per heavy atom. The van der Waals surface area contributed by atoms with E-state index in [9.17, 15) is 0 Å². The molecule has 0 spiro atoms. The average molecular weight is 1360 g/mol. The van der Waals surface area contributed by atoms with E-state index in [1.165, 1.54) is 43.4 Å². The summed E-state index contributed by atoms with van der Waals surface area (Å²) in [5, 5.41) is 9.37. The van der Waals surface area contributed by atoms with Crippen molar-refractivity contribution in [2.45, 2.75) is 0 Å². The highest BCUT2D eigenvalue weighted by Crippen LogP contribution is 2.44. The molecule has 12 heteroatoms. The molecule has 0 fully saturated rings. The van der Waals surface area contributed by atoms with Gasteiger partial charge in [0.25, 0.3) is 0 Å². The minimum absolute atomic E-state index is 0.624. The molecule has 0 atom stereocenters. The second-order valence-electron chi connectivity index (χ2n) is 26.3. The van der Waals surface area contributed by atoms with Crippen LogP contribution in [0.2, 0.25) is 0 Å². The highest BCUT2D eigenvalue weighted by atomic mass is 15.1. The van der Waals surface area contributed by atoms with Gasteiger partial charge in [0.15, 0.2) is 17.5 Å². The number of aromatic nitrogens is 12. The van der Waals surface area contributed by atoms with Gasteiger partial charge >= 0.3 is 0 Å². The van der Waals surface area contributed by atoms with Crippen LogP contribution in [0.25, 0.3) is 189 Å². The van der Waals surface area contributed by atoms with Gasteiger partial charge in [-0.15, -0.1) is 0 Å². The smallest absolute Gasteiger partial charge is 0.164 e. The summed E-state index contributed by atoms with van der Waals surface area (Å²) in [5.74, 6) is 1.90. The molecule has 21 aromatic rings. The highest BCUT2D eigenvalue weighted by molar-refractivity contribution is 6.19. The summed E-state index contributed by atoms with van der Waals surface area (Å²) in [7, 11) is 0. The van der Waals surface area contributed by atoms with E-state index >= 15 is 0 Å². The largest absolute Gasteiger partial charge is 0.309 e. The first kappa shape index (κ1) is 61.3. The van der Waals surface area contributed by atoms with Gasteiger partial charge in [0.05, 0.1) is 61.6 Å². The molecule has 11 aromatic carbocycles. The third-order valence-electron chi connectivity index (χ3n) is 20.1. The second kappa shape index (κ2) is 25.8. The van der Waals surface area contributed by atoms with Gasteiger partial charge < -0.3 is 9.13 Å². The number of nitrogens with zero attached hydrogens (tertiary/aromatic N) is 12. The number of pyridine rings is 5. The second-order valence-corrected chi connectivity index (χ2v) is 26.3. The Bertz CT molecular complexity index is 6820. The molecular weight excluding hydrogens is 1300 g/mol. The van der Waals surface area contributed by atoms with Crippen LogP contribution in [-0.4, -0.2) is 58.1 Å². The molecule has 0 saturated heterocycles. The molecule has 0 N–H and O–H groups in total. The Balaban J connectivity index is 0.000000141. The first-order valence-electron chi connectivity index (χ1n) is 35.4. The Labute approximate surface area is 608 Å². The van der Waals surface area contributed by atoms with Crippen molar-refractivity contribution in [1.82, 2.24) is 58.1 Å². The number of para-hydroxylation sites is 4. The van der Waals surface area contributed by atoms with E-state index in [2.05, 4.69) is 247 Å². The molecule has 0 unspecified atom stereocenters. The Hall–Kier alpha value is -14.6. The quantitative estimate of drug-likeness (QED) is 0.125. The van der Waals surface area contributed by atoms with Crippen molar-refractivity contribution in [1.29, 1.82) is 0 Å². The van der Waals surface area contributed by atoms with Crippen LogP contribution in [0.4, 0.5) is 0 Å². The minimum atomic E-state index is 0.624. The monoisotopic (exact) mass is 1360 g/mol. The predicted octanol–water partition coefficient (Wildman–Crippen LogP) is 22.6. The normalized spacial score (nSPS) is 11.6. The summed E-state index contributed by atoms with van der Waals surface area (Å²) in [5.41, 5.74) is 23.5. The Morgan fingerprint density at radius 2 is 0.566 bits per heavy atom. The van der Waals surface area contributed by atoms with E-state index in [1.54, 1.807) is 12.4 Å². The van der Waals surface area contributed by atoms with Crippen LogP contribution in [-0.2, 0) is 0 Å². The molecule has 0 aliphatic carbocycles. The van der Waals surface area contributed by atoms with Crippen molar-refractivity contribution in [2.75, 3.05) is 0 Å². The lowest BCUT2D eigenvalue weighted by atomic mass is 9.98. The van der Waals surface area contributed by atoms with E-state index in [-0.39, 0.29) is 0 Å². The fourth-order valence-electron chi connectivity index (χ4n) is 15.4. The molecular formula is C94H60N12. The molecule has 496 valence electrons. The third-order valence-corrected chi connectivity index (χ3v) is 20.1. The van der Waals surface area contributed by atoms with Crippen LogP contribution in [0.5, 0.6) is 0 Å². The number of fused-ring (bicyclic) bond motifs is 12. The lowest BCUT2D eigenvalue weighted by Gasteiger charge is -2.13. The molecule has 10 aromatic heterocycles. The topological polar surface area (TPSA) is 123 Å². The minimum Gasteiger partial charge on any atom is -0.309 e. The standard InChI is InChI=1S/C50H32N6.C44H28N6/c1-4-15-33(16-5-1)47-52-48(34-17-6-2-7-18-34)54-49(53-47)36-19-12-22-38(31-36)55-43-26-11-10-23-41(43)46-39(24-13-27-45(46)55)35-28-29-44-42(32-35)40-25-14-30-51-50(40)56(44)37-20-8-3-9-21-37;1-2-12-30(13-3-1)50-41-22-21-29(26-35(41)33-16-11-25-47-44(33)50)32-15-10-20-42-43(32)34-14-4-5-19-40(34)49(42)31-27-38(36-17-6-8-23-45-36)48-39(28-31)37-18-7-9-24-46-37/h1-32H;1-28H. The zero-order chi connectivity index (χ0) is 70.0. The van der Waals surface area contributed by atoms with E-state index in [0.717, 1.165) is 129 Å². The Kier molecular flexibility index (Phi) is 14.9. The van der Waals surface area contributed by atoms with E-state index in [0.29, 0.717) is 17.5 Å². The number of hydrogen-bond acceptors (Lipinski definition) is 8. The first-order valence-corrected chi connectivity index (χ1v) is 35.4. The molecule has 0 aliphatic rings. The van der Waals surface area contributed by atoms with Gasteiger partial charge in [-0.25, -0.2) is 29.9 Å². The fraction of sp³-hybridized carbons (Fsp3) is 0. The molecule has 106 heavy (non-hydrogen) atoms. The summed E-state index contributed by atoms with van der Waals surface area (Å²) in [6.07, 6.45) is 7.36. The number of hydrogen-bond donors (Lipinski definition) is 0. The van der Waals surface area contributed by atoms with Crippen LogP contribution < -0.4 is 0 Å². The van der Waals surface area contributed by atoms with E-state index in [4.69, 9.17) is 29.9 Å². The maximum Gasteiger partial charge on any atom is 0.164 e. The summed E-state index contributed by atoms with van der Waals surface area (Å²) in [4.78, 5) is 39.0. The lowest BCUT2D eigenvalue weighted by Crippen LogP contribution is -2.01. The van der Waals surface area contributed by atoms with Crippen molar-refractivity contribution in [2.24, 2.45) is 0 Å². The van der Waals surface area contributed by atoms with Gasteiger partial charge in [-0.05, 0) is 168 Å². The van der Waals surface area contributed by atoms with E-state index < -0.39 is 0 Å². The van der Waals surface area contributed by atoms with Crippen molar-refractivity contribution < 1.29 is 0 Å². The van der Waals surface area contributed by atoms with Gasteiger partial charge in [0.1, 0.15) is 11.3 Å². The highest BCUT2D eigenvalue weighted by Gasteiger charge is 2.24. The van der Waals surface area contributed by atoms with Crippen molar-refractivity contribution >= 4 is 87.5 Å². The molecule has 0 bridgehead atoms. The van der Waals surface area contributed by atoms with Crippen LogP contribution in [0.1, 0.15) is 0 Å². The van der Waals surface area contributed by atoms with Crippen molar-refractivity contribution in [3.8, 4) is 102 Å². The average Bonchev–Trinajstić information content (AvgIpc) is 1.58. The Morgan fingerprint density at radius 3 is 1.05 bits per heavy atom. The molecule has 0 amide bonds. The SMILES string of the molecule is c1ccc(-c2nc(-c3ccccc3)nc(-c3cccc(-n4c5ccccc5c5c(-c6ccc7c(c6)c6cccnc6n7-c6ccccc6)cccc54)c3)n2)cc1.c1ccc(-n2c3ccc(-c4cccc5c4c4ccccc4n5-c4cc(-c5ccccn5)nc(-c5ccccn5)c4)cc3c3cccnc32)cc1. The summed E-state index contributed by atoms with van der Waals surface area (Å²) in [6.45, 7) is 0. The first-order chi connectivity index (χ1) is 52.6. The maximum absolute atomic E-state index is 5.04. The molecule has 0 radical (unpaired) electrons. The molecule has 21 rings (SSSR count). The fourth-order valence-corrected chi connectivity index (χ4v) is 15.4. The van der Waals surface area contributed by atoms with Crippen molar-refractivity contribution in [3.63, 3.8) is 0 Å². The van der Waals surface area contributed by atoms with Crippen LogP contribution >= 0.6 is 0 Å². The van der Waals surface area contributed by atoms with Crippen molar-refractivity contribution in [3.05, 3.63) is 365 Å². The molecule has 10 heterocycles. The number of benzene rings is 11. The van der Waals surface area contributed by atoms with Crippen LogP contribution in [0.15, 0.2) is 365 Å². The summed E-state index contributed by atoms with van der Waals surface area (Å²) >= 11 is 0. The van der Waals surface area contributed by atoms with Gasteiger partial charge in [-0.3, -0.25) is 19.1 Å². The maximum atomic E-state index is 5.04. The van der Waals surface area contributed by atoms with Gasteiger partial charge in [0.2, 0.25) is 0 Å². The lowest BCUT2D eigenvalue weighted by molar-refractivity contribution is 1.07. The van der Waals surface area contributed by atoms with E-state index in [1.807, 2.05) is 134 Å². The molecule has 12 nitrogen and oxygen atoms in total. The number of rotatable bonds is 11. The summed E-state index contributed by atoms with van der Waals surface area (Å²) < 4.78 is 9.21. The summed E-state index contributed by atoms with van der Waals surface area (Å²) in [6, 6.07) is 118. The van der Waals surface area contributed by atoms with Crippen LogP contribution in [0, 0.1) is 0 Å².